The summed E-state index contributed by atoms with van der Waals surface area (Å²) in [6, 6.07) is 6.96. The van der Waals surface area contributed by atoms with E-state index in [1.165, 1.54) is 6.92 Å². The van der Waals surface area contributed by atoms with Crippen LogP contribution in [0.1, 0.15) is 27.2 Å². The predicted molar refractivity (Wildman–Crippen MR) is 87.5 cm³/mol. The minimum absolute atomic E-state index is 0.262. The van der Waals surface area contributed by atoms with Gasteiger partial charge in [-0.1, -0.05) is 26.0 Å². The van der Waals surface area contributed by atoms with Gasteiger partial charge in [-0.3, -0.25) is 14.4 Å². The number of esters is 1. The Bertz CT molecular complexity index is 629. The summed E-state index contributed by atoms with van der Waals surface area (Å²) in [6.07, 6.45) is -2.16. The molecule has 0 aromatic heterocycles. The zero-order valence-corrected chi connectivity index (χ0v) is 14.0. The van der Waals surface area contributed by atoms with Gasteiger partial charge >= 0.3 is 5.97 Å². The van der Waals surface area contributed by atoms with Gasteiger partial charge in [-0.25, -0.2) is 0 Å². The van der Waals surface area contributed by atoms with E-state index in [0.717, 1.165) is 0 Å². The number of hydrogen-bond acceptors (Lipinski definition) is 5. The van der Waals surface area contributed by atoms with Gasteiger partial charge in [0.25, 0.3) is 11.8 Å². The molecule has 7 heteroatoms. The van der Waals surface area contributed by atoms with Crippen LogP contribution in [0.5, 0.6) is 5.75 Å². The highest BCUT2D eigenvalue weighted by Gasteiger charge is 2.31. The second kappa shape index (κ2) is 7.81. The number of carbonyl (C=O) groups is 3. The molecule has 24 heavy (non-hydrogen) atoms. The summed E-state index contributed by atoms with van der Waals surface area (Å²) < 4.78 is 10.6. The average Bonchev–Trinajstić information content (AvgIpc) is 2.53. The monoisotopic (exact) mass is 334 g/mol. The molecule has 7 nitrogen and oxygen atoms in total. The van der Waals surface area contributed by atoms with Crippen molar-refractivity contribution in [3.8, 4) is 5.75 Å². The summed E-state index contributed by atoms with van der Waals surface area (Å²) in [4.78, 5) is 35.7. The molecular weight excluding hydrogens is 312 g/mol. The number of rotatable bonds is 6. The van der Waals surface area contributed by atoms with Crippen molar-refractivity contribution in [2.75, 3.05) is 11.9 Å². The van der Waals surface area contributed by atoms with E-state index in [1.54, 1.807) is 24.3 Å². The standard InChI is InChI=1S/C17H22N2O5/c1-10(2)9-18-16(21)11(3)23-15(20)8-14-17(22)19-12-6-4-5-7-13(12)24-14/h4-7,10-11,14H,8-9H2,1-3H3,(H,18,21)(H,19,22)/t11-,14+/m1/s1. The first-order chi connectivity index (χ1) is 11.4. The van der Waals surface area contributed by atoms with Crippen LogP contribution in [0.3, 0.4) is 0 Å². The maximum absolute atomic E-state index is 12.0. The summed E-state index contributed by atoms with van der Waals surface area (Å²) in [6.45, 7) is 5.93. The number of benzene rings is 1. The molecule has 0 bridgehead atoms. The van der Waals surface area contributed by atoms with E-state index in [0.29, 0.717) is 23.9 Å². The molecule has 0 aliphatic carbocycles. The molecule has 2 rings (SSSR count). The van der Waals surface area contributed by atoms with Crippen LogP contribution in [0.2, 0.25) is 0 Å². The number of nitrogens with one attached hydrogen (secondary N) is 2. The Morgan fingerprint density at radius 1 is 1.29 bits per heavy atom. The summed E-state index contributed by atoms with van der Waals surface area (Å²) in [5.74, 6) is -0.644. The topological polar surface area (TPSA) is 93.7 Å². The number of amides is 2. The lowest BCUT2D eigenvalue weighted by molar-refractivity contribution is -0.157. The number of anilines is 1. The van der Waals surface area contributed by atoms with Gasteiger partial charge in [0.1, 0.15) is 5.75 Å². The number of para-hydroxylation sites is 2. The maximum Gasteiger partial charge on any atom is 0.310 e. The molecule has 0 spiro atoms. The van der Waals surface area contributed by atoms with Crippen molar-refractivity contribution in [1.82, 2.24) is 5.32 Å². The van der Waals surface area contributed by atoms with Gasteiger partial charge in [0, 0.05) is 6.54 Å². The van der Waals surface area contributed by atoms with E-state index in [1.807, 2.05) is 13.8 Å². The Morgan fingerprint density at radius 2 is 2.00 bits per heavy atom. The number of carbonyl (C=O) groups excluding carboxylic acids is 3. The van der Waals surface area contributed by atoms with Crippen molar-refractivity contribution in [1.29, 1.82) is 0 Å². The van der Waals surface area contributed by atoms with Gasteiger partial charge in [-0.2, -0.15) is 0 Å². The minimum atomic E-state index is -0.974. The van der Waals surface area contributed by atoms with Gasteiger partial charge in [-0.15, -0.1) is 0 Å². The van der Waals surface area contributed by atoms with E-state index in [-0.39, 0.29) is 12.3 Å². The van der Waals surface area contributed by atoms with Gasteiger partial charge in [0.05, 0.1) is 12.1 Å². The fourth-order valence-electron chi connectivity index (χ4n) is 2.13. The van der Waals surface area contributed by atoms with Crippen LogP contribution < -0.4 is 15.4 Å². The van der Waals surface area contributed by atoms with Crippen molar-refractivity contribution < 1.29 is 23.9 Å². The largest absolute Gasteiger partial charge is 0.478 e. The molecule has 1 aliphatic rings. The molecule has 1 aliphatic heterocycles. The first-order valence-electron chi connectivity index (χ1n) is 7.90. The van der Waals surface area contributed by atoms with Crippen LogP contribution in [0, 0.1) is 5.92 Å². The summed E-state index contributed by atoms with van der Waals surface area (Å²) in [7, 11) is 0. The Hall–Kier alpha value is -2.57. The fourth-order valence-corrected chi connectivity index (χ4v) is 2.13. The summed E-state index contributed by atoms with van der Waals surface area (Å²) in [5.41, 5.74) is 0.563. The average molecular weight is 334 g/mol. The van der Waals surface area contributed by atoms with Gasteiger partial charge in [0.15, 0.2) is 12.2 Å². The van der Waals surface area contributed by atoms with Crippen molar-refractivity contribution in [3.05, 3.63) is 24.3 Å². The molecule has 1 aromatic carbocycles. The summed E-state index contributed by atoms with van der Waals surface area (Å²) in [5, 5.41) is 5.36. The number of ether oxygens (including phenoxy) is 2. The quantitative estimate of drug-likeness (QED) is 0.769. The molecule has 0 saturated heterocycles. The molecule has 2 atom stereocenters. The first-order valence-corrected chi connectivity index (χ1v) is 7.90. The van der Waals surface area contributed by atoms with Crippen LogP contribution in [-0.4, -0.2) is 36.5 Å². The Kier molecular flexibility index (Phi) is 5.78. The van der Waals surface area contributed by atoms with Gasteiger partial charge in [-0.05, 0) is 25.0 Å². The predicted octanol–water partition coefficient (Wildman–Crippen LogP) is 1.48. The molecule has 2 amide bonds. The van der Waals surface area contributed by atoms with Crippen molar-refractivity contribution in [2.24, 2.45) is 5.92 Å². The van der Waals surface area contributed by atoms with Crippen LogP contribution >= 0.6 is 0 Å². The van der Waals surface area contributed by atoms with E-state index in [4.69, 9.17) is 9.47 Å². The highest BCUT2D eigenvalue weighted by molar-refractivity contribution is 5.99. The third-order valence-electron chi connectivity index (χ3n) is 3.42. The smallest absolute Gasteiger partial charge is 0.310 e. The lowest BCUT2D eigenvalue weighted by Gasteiger charge is -2.25. The Balaban J connectivity index is 1.86. The number of fused-ring (bicyclic) bond motifs is 1. The van der Waals surface area contributed by atoms with Crippen LogP contribution in [-0.2, 0) is 19.1 Å². The van der Waals surface area contributed by atoms with Crippen LogP contribution in [0.15, 0.2) is 24.3 Å². The van der Waals surface area contributed by atoms with Crippen LogP contribution in [0.4, 0.5) is 5.69 Å². The molecule has 1 heterocycles. The van der Waals surface area contributed by atoms with Crippen LogP contribution in [0.25, 0.3) is 0 Å². The third-order valence-corrected chi connectivity index (χ3v) is 3.42. The molecule has 0 unspecified atom stereocenters. The SMILES string of the molecule is CC(C)CNC(=O)[C@@H](C)OC(=O)C[C@@H]1Oc2ccccc2NC1=O. The molecule has 0 saturated carbocycles. The van der Waals surface area contributed by atoms with Crippen molar-refractivity contribution in [2.45, 2.75) is 39.4 Å². The zero-order valence-electron chi connectivity index (χ0n) is 14.0. The molecule has 2 N–H and O–H groups in total. The second-order valence-corrected chi connectivity index (χ2v) is 6.07. The van der Waals surface area contributed by atoms with Gasteiger partial charge in [0.2, 0.25) is 0 Å². The highest BCUT2D eigenvalue weighted by Crippen LogP contribution is 2.29. The zero-order chi connectivity index (χ0) is 17.7. The van der Waals surface area contributed by atoms with E-state index in [9.17, 15) is 14.4 Å². The third kappa shape index (κ3) is 4.71. The first kappa shape index (κ1) is 17.8. The minimum Gasteiger partial charge on any atom is -0.478 e. The lowest BCUT2D eigenvalue weighted by atomic mass is 10.1. The Labute approximate surface area is 140 Å². The highest BCUT2D eigenvalue weighted by atomic mass is 16.6. The lowest BCUT2D eigenvalue weighted by Crippen LogP contribution is -2.41. The van der Waals surface area contributed by atoms with E-state index < -0.39 is 24.1 Å². The maximum atomic E-state index is 12.0. The fraction of sp³-hybridized carbons (Fsp3) is 0.471. The normalized spacial score (nSPS) is 17.3. The van der Waals surface area contributed by atoms with Gasteiger partial charge < -0.3 is 20.1 Å². The molecular formula is C17H22N2O5. The van der Waals surface area contributed by atoms with Crippen molar-refractivity contribution >= 4 is 23.5 Å². The van der Waals surface area contributed by atoms with Crippen molar-refractivity contribution in [3.63, 3.8) is 0 Å². The second-order valence-electron chi connectivity index (χ2n) is 6.07. The molecule has 0 fully saturated rings. The van der Waals surface area contributed by atoms with E-state index in [2.05, 4.69) is 10.6 Å². The molecule has 1 aromatic rings. The number of hydrogen-bond donors (Lipinski definition) is 2. The molecule has 0 radical (unpaired) electrons. The summed E-state index contributed by atoms with van der Waals surface area (Å²) >= 11 is 0. The molecule has 130 valence electrons. The Morgan fingerprint density at radius 3 is 2.71 bits per heavy atom. The van der Waals surface area contributed by atoms with E-state index >= 15 is 0 Å².